The SMILES string of the molecule is COc1ccc(C23C(=O)N(Nc4ccc(Cl)cc4Cl)C(=O)C2CC2C(=CCC4C(=O)N(C(C)(C)C)C(=O)C42)C3c2cccc(OC)c2O)cc1. The molecule has 260 valence electrons. The number of carbonyl (C=O) groups is 4. The number of phenols is 1. The molecule has 12 heteroatoms. The monoisotopic (exact) mass is 717 g/mol. The molecule has 3 fully saturated rings. The molecule has 3 aromatic carbocycles. The van der Waals surface area contributed by atoms with Gasteiger partial charge in [-0.1, -0.05) is 59.1 Å². The van der Waals surface area contributed by atoms with Crippen molar-refractivity contribution in [1.82, 2.24) is 9.91 Å². The van der Waals surface area contributed by atoms with Gasteiger partial charge in [0, 0.05) is 22.0 Å². The van der Waals surface area contributed by atoms with Crippen LogP contribution < -0.4 is 14.9 Å². The van der Waals surface area contributed by atoms with E-state index in [2.05, 4.69) is 5.43 Å². The van der Waals surface area contributed by atoms with Gasteiger partial charge >= 0.3 is 0 Å². The van der Waals surface area contributed by atoms with Crippen molar-refractivity contribution >= 4 is 52.5 Å². The number of ether oxygens (including phenoxy) is 2. The highest BCUT2D eigenvalue weighted by Gasteiger charge is 2.71. The highest BCUT2D eigenvalue weighted by molar-refractivity contribution is 6.36. The van der Waals surface area contributed by atoms with Crippen LogP contribution in [0.15, 0.2) is 72.3 Å². The lowest BCUT2D eigenvalue weighted by atomic mass is 9.49. The van der Waals surface area contributed by atoms with Crippen LogP contribution in [0.25, 0.3) is 0 Å². The molecule has 2 N–H and O–H groups in total. The van der Waals surface area contributed by atoms with Crippen molar-refractivity contribution in [3.8, 4) is 17.2 Å². The lowest BCUT2D eigenvalue weighted by Crippen LogP contribution is -2.53. The first-order chi connectivity index (χ1) is 23.7. The van der Waals surface area contributed by atoms with Crippen LogP contribution in [0.5, 0.6) is 17.2 Å². The smallest absolute Gasteiger partial charge is 0.260 e. The number of halogens is 2. The summed E-state index contributed by atoms with van der Waals surface area (Å²) in [4.78, 5) is 59.6. The Morgan fingerprint density at radius 3 is 2.26 bits per heavy atom. The van der Waals surface area contributed by atoms with Crippen LogP contribution in [0.4, 0.5) is 5.69 Å². The van der Waals surface area contributed by atoms with Gasteiger partial charge in [-0.2, -0.15) is 5.01 Å². The Kier molecular flexibility index (Phi) is 8.18. The number of para-hydroxylation sites is 1. The number of amides is 4. The Morgan fingerprint density at radius 1 is 0.900 bits per heavy atom. The number of rotatable bonds is 6. The van der Waals surface area contributed by atoms with Crippen molar-refractivity contribution in [1.29, 1.82) is 0 Å². The average molecular weight is 719 g/mol. The molecule has 0 aromatic heterocycles. The molecule has 1 saturated carbocycles. The molecule has 2 aliphatic heterocycles. The summed E-state index contributed by atoms with van der Waals surface area (Å²) in [6, 6.07) is 16.7. The summed E-state index contributed by atoms with van der Waals surface area (Å²) in [5.74, 6) is -5.00. The number of allylic oxidation sites excluding steroid dienone is 2. The Hall–Kier alpha value is -4.54. The minimum Gasteiger partial charge on any atom is -0.504 e. The van der Waals surface area contributed by atoms with Gasteiger partial charge in [-0.15, -0.1) is 0 Å². The van der Waals surface area contributed by atoms with E-state index in [1.54, 1.807) is 54.6 Å². The van der Waals surface area contributed by atoms with Crippen molar-refractivity contribution in [2.24, 2.45) is 23.7 Å². The Bertz CT molecular complexity index is 1970. The largest absolute Gasteiger partial charge is 0.504 e. The lowest BCUT2D eigenvalue weighted by Gasteiger charge is -2.50. The van der Waals surface area contributed by atoms with E-state index in [4.69, 9.17) is 32.7 Å². The van der Waals surface area contributed by atoms with Gasteiger partial charge < -0.3 is 14.6 Å². The number of anilines is 1. The number of hydrogen-bond acceptors (Lipinski definition) is 8. The van der Waals surface area contributed by atoms with Gasteiger partial charge in [0.15, 0.2) is 11.5 Å². The molecule has 6 unspecified atom stereocenters. The van der Waals surface area contributed by atoms with Crippen LogP contribution in [0, 0.1) is 23.7 Å². The molecule has 0 spiro atoms. The average Bonchev–Trinajstić information content (AvgIpc) is 3.47. The fraction of sp³-hybridized carbons (Fsp3) is 0.368. The first-order valence-corrected chi connectivity index (χ1v) is 17.2. The number of hydrogen-bond donors (Lipinski definition) is 2. The van der Waals surface area contributed by atoms with Crippen LogP contribution in [-0.4, -0.2) is 58.4 Å². The van der Waals surface area contributed by atoms with E-state index in [0.717, 1.165) is 5.01 Å². The van der Waals surface area contributed by atoms with Gasteiger partial charge in [-0.05, 0) is 81.5 Å². The summed E-state index contributed by atoms with van der Waals surface area (Å²) in [5.41, 5.74) is 2.49. The predicted octanol–water partition coefficient (Wildman–Crippen LogP) is 6.50. The molecule has 2 saturated heterocycles. The van der Waals surface area contributed by atoms with E-state index in [1.807, 2.05) is 26.8 Å². The fourth-order valence-electron chi connectivity index (χ4n) is 8.79. The molecule has 4 amide bonds. The zero-order valence-corrected chi connectivity index (χ0v) is 29.7. The normalized spacial score (nSPS) is 27.5. The Balaban J connectivity index is 1.49. The second-order valence-corrected chi connectivity index (χ2v) is 15.1. The van der Waals surface area contributed by atoms with Crippen LogP contribution in [0.3, 0.4) is 0 Å². The van der Waals surface area contributed by atoms with Gasteiger partial charge in [-0.25, -0.2) is 0 Å². The van der Waals surface area contributed by atoms with E-state index >= 15 is 4.79 Å². The maximum atomic E-state index is 15.3. The highest BCUT2D eigenvalue weighted by Crippen LogP contribution is 2.65. The topological polar surface area (TPSA) is 125 Å². The molecular formula is C38H37Cl2N3O7. The second-order valence-electron chi connectivity index (χ2n) is 14.3. The summed E-state index contributed by atoms with van der Waals surface area (Å²) in [5, 5.41) is 13.4. The number of aromatic hydroxyl groups is 1. The van der Waals surface area contributed by atoms with E-state index < -0.39 is 52.4 Å². The maximum absolute atomic E-state index is 15.3. The number of phenolic OH excluding ortho intramolecular Hbond substituents is 1. The second kappa shape index (κ2) is 12.1. The molecule has 0 bridgehead atoms. The van der Waals surface area contributed by atoms with Gasteiger partial charge in [0.05, 0.1) is 48.1 Å². The van der Waals surface area contributed by atoms with E-state index in [1.165, 1.54) is 25.2 Å². The van der Waals surface area contributed by atoms with Crippen LogP contribution in [0.2, 0.25) is 10.0 Å². The number of nitrogens with one attached hydrogen (secondary N) is 1. The van der Waals surface area contributed by atoms with Crippen LogP contribution in [-0.2, 0) is 24.6 Å². The highest BCUT2D eigenvalue weighted by atomic mass is 35.5. The third kappa shape index (κ3) is 4.82. The molecule has 10 nitrogen and oxygen atoms in total. The lowest BCUT2D eigenvalue weighted by molar-refractivity contribution is -0.146. The quantitative estimate of drug-likeness (QED) is 0.219. The number of nitrogens with zero attached hydrogens (tertiary/aromatic N) is 2. The molecule has 2 aliphatic carbocycles. The molecular weight excluding hydrogens is 681 g/mol. The summed E-state index contributed by atoms with van der Waals surface area (Å²) in [7, 11) is 2.97. The third-order valence-corrected chi connectivity index (χ3v) is 11.4. The number of likely N-dealkylation sites (tertiary alicyclic amines) is 1. The van der Waals surface area contributed by atoms with Crippen molar-refractivity contribution < 1.29 is 33.8 Å². The molecule has 50 heavy (non-hydrogen) atoms. The molecule has 2 heterocycles. The molecule has 7 rings (SSSR count). The van der Waals surface area contributed by atoms with Crippen LogP contribution in [0.1, 0.15) is 50.7 Å². The third-order valence-electron chi connectivity index (χ3n) is 10.8. The Labute approximate surface area is 299 Å². The number of benzene rings is 3. The van der Waals surface area contributed by atoms with Crippen molar-refractivity contribution in [3.05, 3.63) is 93.5 Å². The summed E-state index contributed by atoms with van der Waals surface area (Å²) < 4.78 is 11.0. The minimum absolute atomic E-state index is 0.106. The van der Waals surface area contributed by atoms with Gasteiger partial charge in [-0.3, -0.25) is 29.5 Å². The van der Waals surface area contributed by atoms with E-state index in [0.29, 0.717) is 27.5 Å². The zero-order chi connectivity index (χ0) is 35.9. The number of hydrazine groups is 1. The zero-order valence-electron chi connectivity index (χ0n) is 28.2. The molecule has 4 aliphatic rings. The molecule has 3 aromatic rings. The summed E-state index contributed by atoms with van der Waals surface area (Å²) in [6.45, 7) is 5.48. The predicted molar refractivity (Wildman–Crippen MR) is 187 cm³/mol. The first kappa shape index (κ1) is 33.9. The number of fused-ring (bicyclic) bond motifs is 4. The molecule has 6 atom stereocenters. The van der Waals surface area contributed by atoms with E-state index in [-0.39, 0.29) is 46.9 Å². The maximum Gasteiger partial charge on any atom is 0.260 e. The summed E-state index contributed by atoms with van der Waals surface area (Å²) >= 11 is 12.7. The number of carbonyl (C=O) groups excluding carboxylic acids is 4. The van der Waals surface area contributed by atoms with Gasteiger partial charge in [0.2, 0.25) is 11.8 Å². The molecule has 0 radical (unpaired) electrons. The minimum atomic E-state index is -1.61. The van der Waals surface area contributed by atoms with Gasteiger partial charge in [0.25, 0.3) is 11.8 Å². The van der Waals surface area contributed by atoms with Crippen molar-refractivity contribution in [2.75, 3.05) is 19.6 Å². The van der Waals surface area contributed by atoms with Crippen molar-refractivity contribution in [2.45, 2.75) is 50.5 Å². The first-order valence-electron chi connectivity index (χ1n) is 16.4. The van der Waals surface area contributed by atoms with E-state index in [9.17, 15) is 19.5 Å². The fourth-order valence-corrected chi connectivity index (χ4v) is 9.24. The number of methoxy groups -OCH3 is 2. The standard InChI is InChI=1S/C38H37Cl2N3O7/c1-37(2,3)42-33(45)23-15-14-22-25(30(23)35(42)47)18-26-34(46)43(41-28-16-11-20(39)17-27(28)40)36(48)38(26,19-9-12-21(49-4)13-10-19)31(22)24-7-6-8-29(50-5)32(24)44/h6-14,16-17,23,25-26,30-31,41,44H,15,18H2,1-5H3. The Morgan fingerprint density at radius 2 is 1.62 bits per heavy atom. The number of imide groups is 2. The summed E-state index contributed by atoms with van der Waals surface area (Å²) in [6.07, 6.45) is 2.31. The van der Waals surface area contributed by atoms with Crippen LogP contribution >= 0.6 is 23.2 Å². The van der Waals surface area contributed by atoms with Crippen molar-refractivity contribution in [3.63, 3.8) is 0 Å². The van der Waals surface area contributed by atoms with Gasteiger partial charge in [0.1, 0.15) is 5.75 Å².